The van der Waals surface area contributed by atoms with Gasteiger partial charge in [-0.05, 0) is 42.7 Å². The summed E-state index contributed by atoms with van der Waals surface area (Å²) in [7, 11) is -3.37. The minimum atomic E-state index is -3.37. The minimum absolute atomic E-state index is 0.0250. The van der Waals surface area contributed by atoms with E-state index in [1.54, 1.807) is 21.8 Å². The molecule has 0 radical (unpaired) electrons. The third-order valence-electron chi connectivity index (χ3n) is 4.81. The van der Waals surface area contributed by atoms with Crippen LogP contribution in [0.25, 0.3) is 0 Å². The van der Waals surface area contributed by atoms with Crippen LogP contribution in [0, 0.1) is 5.92 Å². The maximum absolute atomic E-state index is 12.5. The number of hydrogen-bond donors (Lipinski definition) is 1. The molecule has 2 aromatic rings. The Morgan fingerprint density at radius 1 is 1.19 bits per heavy atom. The van der Waals surface area contributed by atoms with Gasteiger partial charge in [0.2, 0.25) is 5.91 Å². The number of amides is 1. The molecule has 1 N–H and O–H groups in total. The van der Waals surface area contributed by atoms with Crippen LogP contribution in [0.5, 0.6) is 0 Å². The molecule has 1 aliphatic rings. The van der Waals surface area contributed by atoms with Gasteiger partial charge in [0.15, 0.2) is 0 Å². The van der Waals surface area contributed by atoms with Crippen molar-refractivity contribution in [2.45, 2.75) is 36.4 Å². The molecule has 1 aliphatic heterocycles. The predicted octanol–water partition coefficient (Wildman–Crippen LogP) is 3.42. The van der Waals surface area contributed by atoms with Crippen LogP contribution in [-0.4, -0.2) is 31.7 Å². The lowest BCUT2D eigenvalue weighted by Gasteiger charge is -2.30. The van der Waals surface area contributed by atoms with E-state index in [0.29, 0.717) is 23.7 Å². The molecule has 0 unspecified atom stereocenters. The Bertz CT molecular complexity index is 812. The van der Waals surface area contributed by atoms with Crippen molar-refractivity contribution in [1.29, 1.82) is 0 Å². The SMILES string of the molecule is C[C@@H](NC(=O)CC1CCN(S(=O)(=O)c2cccs2)CC1)c1ccccc1. The van der Waals surface area contributed by atoms with Gasteiger partial charge >= 0.3 is 0 Å². The Kier molecular flexibility index (Phi) is 6.11. The Balaban J connectivity index is 1.49. The van der Waals surface area contributed by atoms with Crippen molar-refractivity contribution in [3.05, 3.63) is 53.4 Å². The number of thiophene rings is 1. The fraction of sp³-hybridized carbons (Fsp3) is 0.421. The molecule has 0 aliphatic carbocycles. The molecule has 7 heteroatoms. The fourth-order valence-corrected chi connectivity index (χ4v) is 5.89. The van der Waals surface area contributed by atoms with Gasteiger partial charge < -0.3 is 5.32 Å². The van der Waals surface area contributed by atoms with Gasteiger partial charge in [-0.3, -0.25) is 4.79 Å². The van der Waals surface area contributed by atoms with Gasteiger partial charge in [-0.1, -0.05) is 36.4 Å². The fourth-order valence-electron chi connectivity index (χ4n) is 3.28. The van der Waals surface area contributed by atoms with E-state index in [1.807, 2.05) is 37.3 Å². The van der Waals surface area contributed by atoms with Crippen molar-refractivity contribution in [1.82, 2.24) is 9.62 Å². The molecule has 1 saturated heterocycles. The van der Waals surface area contributed by atoms with Gasteiger partial charge in [-0.25, -0.2) is 8.42 Å². The van der Waals surface area contributed by atoms with Crippen molar-refractivity contribution < 1.29 is 13.2 Å². The third-order valence-corrected chi connectivity index (χ3v) is 8.09. The molecule has 0 bridgehead atoms. The van der Waals surface area contributed by atoms with Gasteiger partial charge in [-0.15, -0.1) is 11.3 Å². The molecule has 1 atom stereocenters. The summed E-state index contributed by atoms with van der Waals surface area (Å²) in [5.41, 5.74) is 1.08. The molecule has 140 valence electrons. The van der Waals surface area contributed by atoms with E-state index in [9.17, 15) is 13.2 Å². The topological polar surface area (TPSA) is 66.5 Å². The van der Waals surface area contributed by atoms with Crippen molar-refractivity contribution in [2.75, 3.05) is 13.1 Å². The quantitative estimate of drug-likeness (QED) is 0.819. The van der Waals surface area contributed by atoms with E-state index in [-0.39, 0.29) is 17.9 Å². The highest BCUT2D eigenvalue weighted by atomic mass is 32.2. The first-order chi connectivity index (χ1) is 12.5. The zero-order chi connectivity index (χ0) is 18.6. The van der Waals surface area contributed by atoms with Crippen LogP contribution in [0.2, 0.25) is 0 Å². The lowest BCUT2D eigenvalue weighted by atomic mass is 9.94. The molecular formula is C19H24N2O3S2. The first-order valence-corrected chi connectivity index (χ1v) is 11.2. The number of carbonyl (C=O) groups excluding carboxylic acids is 1. The molecule has 1 aromatic heterocycles. The monoisotopic (exact) mass is 392 g/mol. The summed E-state index contributed by atoms with van der Waals surface area (Å²) >= 11 is 1.25. The Morgan fingerprint density at radius 3 is 2.50 bits per heavy atom. The van der Waals surface area contributed by atoms with Gasteiger partial charge in [0, 0.05) is 19.5 Å². The van der Waals surface area contributed by atoms with E-state index in [4.69, 9.17) is 0 Å². The van der Waals surface area contributed by atoms with Crippen LogP contribution in [0.1, 0.15) is 37.8 Å². The molecule has 0 spiro atoms. The summed E-state index contributed by atoms with van der Waals surface area (Å²) in [6.45, 7) is 2.93. The molecule has 0 saturated carbocycles. The standard InChI is InChI=1S/C19H24N2O3S2/c1-15(17-6-3-2-4-7-17)20-18(22)14-16-9-11-21(12-10-16)26(23,24)19-8-5-13-25-19/h2-8,13,15-16H,9-12,14H2,1H3,(H,20,22)/t15-/m1/s1. The average Bonchev–Trinajstić information content (AvgIpc) is 3.18. The van der Waals surface area contributed by atoms with Gasteiger partial charge in [-0.2, -0.15) is 4.31 Å². The van der Waals surface area contributed by atoms with Gasteiger partial charge in [0.05, 0.1) is 6.04 Å². The summed E-state index contributed by atoms with van der Waals surface area (Å²) in [6.07, 6.45) is 1.89. The third kappa shape index (κ3) is 4.52. The molecule has 1 fully saturated rings. The normalized spacial score (nSPS) is 17.7. The zero-order valence-electron chi connectivity index (χ0n) is 14.8. The first-order valence-electron chi connectivity index (χ1n) is 8.85. The molecule has 26 heavy (non-hydrogen) atoms. The first kappa shape index (κ1) is 19.1. The van der Waals surface area contributed by atoms with Gasteiger partial charge in [0.25, 0.3) is 10.0 Å². The molecule has 2 heterocycles. The largest absolute Gasteiger partial charge is 0.350 e. The van der Waals surface area contributed by atoms with E-state index < -0.39 is 10.0 Å². The Hall–Kier alpha value is -1.70. The second-order valence-corrected chi connectivity index (χ2v) is 9.80. The van der Waals surface area contributed by atoms with Crippen LogP contribution in [-0.2, 0) is 14.8 Å². The summed E-state index contributed by atoms with van der Waals surface area (Å²) < 4.78 is 27.0. The maximum Gasteiger partial charge on any atom is 0.252 e. The number of nitrogens with one attached hydrogen (secondary N) is 1. The average molecular weight is 393 g/mol. The Labute approximate surface area is 159 Å². The number of piperidine rings is 1. The lowest BCUT2D eigenvalue weighted by molar-refractivity contribution is -0.122. The zero-order valence-corrected chi connectivity index (χ0v) is 16.4. The number of sulfonamides is 1. The van der Waals surface area contributed by atoms with E-state index >= 15 is 0 Å². The molecule has 1 aromatic carbocycles. The minimum Gasteiger partial charge on any atom is -0.350 e. The molecule has 1 amide bonds. The van der Waals surface area contributed by atoms with E-state index in [2.05, 4.69) is 5.32 Å². The second-order valence-electron chi connectivity index (χ2n) is 6.68. The number of hydrogen-bond acceptors (Lipinski definition) is 4. The summed E-state index contributed by atoms with van der Waals surface area (Å²) in [5, 5.41) is 4.81. The summed E-state index contributed by atoms with van der Waals surface area (Å²) in [6, 6.07) is 13.2. The molecule has 5 nitrogen and oxygen atoms in total. The highest BCUT2D eigenvalue weighted by molar-refractivity contribution is 7.91. The van der Waals surface area contributed by atoms with Crippen molar-refractivity contribution in [3.8, 4) is 0 Å². The summed E-state index contributed by atoms with van der Waals surface area (Å²) in [4.78, 5) is 12.3. The van der Waals surface area contributed by atoms with Crippen LogP contribution in [0.15, 0.2) is 52.1 Å². The summed E-state index contributed by atoms with van der Waals surface area (Å²) in [5.74, 6) is 0.258. The van der Waals surface area contributed by atoms with Crippen LogP contribution in [0.3, 0.4) is 0 Å². The smallest absolute Gasteiger partial charge is 0.252 e. The van der Waals surface area contributed by atoms with Crippen LogP contribution in [0.4, 0.5) is 0 Å². The van der Waals surface area contributed by atoms with E-state index in [1.165, 1.54) is 11.3 Å². The van der Waals surface area contributed by atoms with E-state index in [0.717, 1.165) is 18.4 Å². The molecule has 3 rings (SSSR count). The second kappa shape index (κ2) is 8.33. The molecular weight excluding hydrogens is 368 g/mol. The van der Waals surface area contributed by atoms with Crippen LogP contribution >= 0.6 is 11.3 Å². The van der Waals surface area contributed by atoms with Crippen molar-refractivity contribution in [3.63, 3.8) is 0 Å². The number of rotatable bonds is 6. The predicted molar refractivity (Wildman–Crippen MR) is 103 cm³/mol. The lowest BCUT2D eigenvalue weighted by Crippen LogP contribution is -2.39. The Morgan fingerprint density at radius 2 is 1.88 bits per heavy atom. The van der Waals surface area contributed by atoms with Gasteiger partial charge in [0.1, 0.15) is 4.21 Å². The van der Waals surface area contributed by atoms with Crippen molar-refractivity contribution in [2.24, 2.45) is 5.92 Å². The van der Waals surface area contributed by atoms with Crippen molar-refractivity contribution >= 4 is 27.3 Å². The number of carbonyl (C=O) groups is 1. The van der Waals surface area contributed by atoms with Crippen LogP contribution < -0.4 is 5.32 Å². The highest BCUT2D eigenvalue weighted by Crippen LogP contribution is 2.27. The number of nitrogens with zero attached hydrogens (tertiary/aromatic N) is 1. The maximum atomic E-state index is 12.5. The highest BCUT2D eigenvalue weighted by Gasteiger charge is 2.30. The number of benzene rings is 1.